The van der Waals surface area contributed by atoms with Crippen LogP contribution < -0.4 is 0 Å². The zero-order valence-electron chi connectivity index (χ0n) is 18.0. The summed E-state index contributed by atoms with van der Waals surface area (Å²) in [5, 5.41) is 4.41. The van der Waals surface area contributed by atoms with Crippen LogP contribution in [0.2, 0.25) is 0 Å². The summed E-state index contributed by atoms with van der Waals surface area (Å²) >= 11 is 0. The van der Waals surface area contributed by atoms with Gasteiger partial charge in [-0.2, -0.15) is 0 Å². The lowest BCUT2D eigenvalue weighted by molar-refractivity contribution is 0.141. The Morgan fingerprint density at radius 3 is 2.67 bits per heavy atom. The van der Waals surface area contributed by atoms with Gasteiger partial charge in [0.2, 0.25) is 0 Å². The fraction of sp³-hybridized carbons (Fsp3) is 0.360. The van der Waals surface area contributed by atoms with Gasteiger partial charge in [0.25, 0.3) is 0 Å². The quantitative estimate of drug-likeness (QED) is 0.424. The van der Waals surface area contributed by atoms with E-state index in [2.05, 4.69) is 52.4 Å². The number of nitrogens with zero attached hydrogens (tertiary/aromatic N) is 4. The van der Waals surface area contributed by atoms with Crippen molar-refractivity contribution in [3.63, 3.8) is 0 Å². The van der Waals surface area contributed by atoms with Gasteiger partial charge in [-0.1, -0.05) is 17.3 Å². The fourth-order valence-electron chi connectivity index (χ4n) is 3.87. The molecule has 154 valence electrons. The molecule has 1 aliphatic carbocycles. The largest absolute Gasteiger partial charge is 0.396 e. The minimum absolute atomic E-state index is 0.568. The van der Waals surface area contributed by atoms with E-state index in [1.54, 1.807) is 0 Å². The van der Waals surface area contributed by atoms with E-state index in [0.29, 0.717) is 6.61 Å². The molecule has 0 aliphatic heterocycles. The van der Waals surface area contributed by atoms with Gasteiger partial charge in [0.15, 0.2) is 0 Å². The first-order valence-electron chi connectivity index (χ1n) is 10.7. The number of oxime groups is 1. The van der Waals surface area contributed by atoms with Gasteiger partial charge in [-0.25, -0.2) is 0 Å². The molecule has 4 rings (SSSR count). The molecule has 0 N–H and O–H groups in total. The van der Waals surface area contributed by atoms with Crippen molar-refractivity contribution in [2.75, 3.05) is 6.61 Å². The number of pyridine rings is 3. The second-order valence-corrected chi connectivity index (χ2v) is 7.97. The summed E-state index contributed by atoms with van der Waals surface area (Å²) in [6, 6.07) is 14.5. The molecule has 5 heteroatoms. The van der Waals surface area contributed by atoms with Crippen LogP contribution in [0.1, 0.15) is 53.2 Å². The highest BCUT2D eigenvalue weighted by Gasteiger charge is 2.17. The van der Waals surface area contributed by atoms with Gasteiger partial charge < -0.3 is 4.84 Å². The summed E-state index contributed by atoms with van der Waals surface area (Å²) in [4.78, 5) is 19.7. The number of aryl methyl sites for hydroxylation is 5. The Morgan fingerprint density at radius 2 is 1.80 bits per heavy atom. The molecule has 3 heterocycles. The third kappa shape index (κ3) is 4.90. The molecule has 0 bridgehead atoms. The number of rotatable bonds is 6. The monoisotopic (exact) mass is 400 g/mol. The number of aromatic nitrogens is 3. The van der Waals surface area contributed by atoms with Crippen LogP contribution in [0.3, 0.4) is 0 Å². The topological polar surface area (TPSA) is 60.3 Å². The van der Waals surface area contributed by atoms with Crippen LogP contribution in [0.25, 0.3) is 11.4 Å². The second-order valence-electron chi connectivity index (χ2n) is 7.97. The molecule has 0 spiro atoms. The average molecular weight is 401 g/mol. The van der Waals surface area contributed by atoms with E-state index in [-0.39, 0.29) is 0 Å². The van der Waals surface area contributed by atoms with Gasteiger partial charge in [0.05, 0.1) is 17.1 Å². The molecule has 5 nitrogen and oxygen atoms in total. The molecule has 0 atom stereocenters. The fourth-order valence-corrected chi connectivity index (χ4v) is 3.87. The Labute approximate surface area is 178 Å². The van der Waals surface area contributed by atoms with E-state index in [9.17, 15) is 0 Å². The Balaban J connectivity index is 1.35. The maximum atomic E-state index is 5.65. The molecule has 3 aromatic heterocycles. The summed E-state index contributed by atoms with van der Waals surface area (Å²) in [6.07, 6.45) is 4.80. The van der Waals surface area contributed by atoms with E-state index in [0.717, 1.165) is 72.0 Å². The van der Waals surface area contributed by atoms with Gasteiger partial charge in [-0.15, -0.1) is 0 Å². The minimum Gasteiger partial charge on any atom is -0.396 e. The van der Waals surface area contributed by atoms with E-state index < -0.39 is 0 Å². The van der Waals surface area contributed by atoms with Crippen molar-refractivity contribution < 1.29 is 4.84 Å². The molecule has 0 fully saturated rings. The Morgan fingerprint density at radius 1 is 0.900 bits per heavy atom. The summed E-state index contributed by atoms with van der Waals surface area (Å²) < 4.78 is 0. The summed E-state index contributed by atoms with van der Waals surface area (Å²) in [5.74, 6) is 0. The van der Waals surface area contributed by atoms with Gasteiger partial charge in [0, 0.05) is 17.1 Å². The molecular weight excluding hydrogens is 372 g/mol. The third-order valence-electron chi connectivity index (χ3n) is 5.26. The Hall–Kier alpha value is -3.08. The lowest BCUT2D eigenvalue weighted by Crippen LogP contribution is -2.15. The standard InChI is InChI=1S/C25H28N4O/c1-17-15-19(3)26-24(16-17)22-10-5-8-21(28-22)9-6-14-30-29-23-11-4-7-20-13-12-18(2)27-25(20)23/h5,8,10,12-13,15-16H,4,6-7,9,11,14H2,1-3H3/b29-23+. The van der Waals surface area contributed by atoms with E-state index in [1.807, 2.05) is 26.0 Å². The highest BCUT2D eigenvalue weighted by atomic mass is 16.6. The van der Waals surface area contributed by atoms with Crippen molar-refractivity contribution >= 4 is 5.71 Å². The molecule has 0 saturated carbocycles. The minimum atomic E-state index is 0.568. The van der Waals surface area contributed by atoms with Crippen molar-refractivity contribution in [3.8, 4) is 11.4 Å². The predicted octanol–water partition coefficient (Wildman–Crippen LogP) is 5.15. The highest BCUT2D eigenvalue weighted by molar-refractivity contribution is 6.00. The SMILES string of the molecule is Cc1cc(C)nc(-c2cccc(CCCO/N=C3\CCCc4ccc(C)nc43)n2)c1. The van der Waals surface area contributed by atoms with E-state index in [1.165, 1.54) is 11.1 Å². The van der Waals surface area contributed by atoms with E-state index in [4.69, 9.17) is 9.82 Å². The molecule has 3 aromatic rings. The third-order valence-corrected chi connectivity index (χ3v) is 5.26. The molecule has 0 saturated heterocycles. The number of fused-ring (bicyclic) bond motifs is 1. The lowest BCUT2D eigenvalue weighted by Gasteiger charge is -2.16. The van der Waals surface area contributed by atoms with Crippen LogP contribution in [0, 0.1) is 20.8 Å². The maximum Gasteiger partial charge on any atom is 0.117 e. The van der Waals surface area contributed by atoms with Crippen molar-refractivity contribution in [1.82, 2.24) is 15.0 Å². The Bertz CT molecular complexity index is 1050. The Kier molecular flexibility index (Phi) is 6.17. The van der Waals surface area contributed by atoms with Crippen LogP contribution in [-0.2, 0) is 17.7 Å². The number of hydrogen-bond acceptors (Lipinski definition) is 5. The van der Waals surface area contributed by atoms with Crippen LogP contribution in [-0.4, -0.2) is 27.3 Å². The van der Waals surface area contributed by atoms with Crippen molar-refractivity contribution in [3.05, 3.63) is 76.4 Å². The smallest absolute Gasteiger partial charge is 0.117 e. The highest BCUT2D eigenvalue weighted by Crippen LogP contribution is 2.21. The number of hydrogen-bond donors (Lipinski definition) is 0. The molecule has 0 amide bonds. The molecular formula is C25H28N4O. The van der Waals surface area contributed by atoms with Crippen LogP contribution in [0.15, 0.2) is 47.6 Å². The molecule has 30 heavy (non-hydrogen) atoms. The van der Waals surface area contributed by atoms with Gasteiger partial charge >= 0.3 is 0 Å². The van der Waals surface area contributed by atoms with E-state index >= 15 is 0 Å². The van der Waals surface area contributed by atoms with Crippen molar-refractivity contribution in [2.45, 2.75) is 52.9 Å². The van der Waals surface area contributed by atoms with Gasteiger partial charge in [-0.05, 0) is 94.3 Å². The second kappa shape index (κ2) is 9.16. The first kappa shape index (κ1) is 20.2. The predicted molar refractivity (Wildman–Crippen MR) is 120 cm³/mol. The van der Waals surface area contributed by atoms with Crippen molar-refractivity contribution in [2.24, 2.45) is 5.16 Å². The molecule has 0 unspecified atom stereocenters. The van der Waals surface area contributed by atoms with Crippen molar-refractivity contribution in [1.29, 1.82) is 0 Å². The summed E-state index contributed by atoms with van der Waals surface area (Å²) in [5.41, 5.74) is 9.38. The summed E-state index contributed by atoms with van der Waals surface area (Å²) in [6.45, 7) is 6.68. The summed E-state index contributed by atoms with van der Waals surface area (Å²) in [7, 11) is 0. The van der Waals surface area contributed by atoms with Crippen LogP contribution in [0.5, 0.6) is 0 Å². The first-order chi connectivity index (χ1) is 14.6. The van der Waals surface area contributed by atoms with Crippen LogP contribution >= 0.6 is 0 Å². The molecule has 0 aromatic carbocycles. The molecule has 0 radical (unpaired) electrons. The zero-order chi connectivity index (χ0) is 20.9. The van der Waals surface area contributed by atoms with Gasteiger partial charge in [-0.3, -0.25) is 15.0 Å². The maximum absolute atomic E-state index is 5.65. The normalized spacial score (nSPS) is 14.6. The van der Waals surface area contributed by atoms with Crippen LogP contribution in [0.4, 0.5) is 0 Å². The average Bonchev–Trinajstić information content (AvgIpc) is 2.73. The first-order valence-corrected chi connectivity index (χ1v) is 10.7. The zero-order valence-corrected chi connectivity index (χ0v) is 18.0. The molecule has 1 aliphatic rings. The van der Waals surface area contributed by atoms with Gasteiger partial charge in [0.1, 0.15) is 12.3 Å². The lowest BCUT2D eigenvalue weighted by atomic mass is 9.94.